The molecule has 0 amide bonds. The van der Waals surface area contributed by atoms with Gasteiger partial charge in [0, 0.05) is 30.3 Å². The third kappa shape index (κ3) is 5.79. The number of carbonyl (C=O) groups excluding carboxylic acids is 1. The lowest BCUT2D eigenvalue weighted by molar-refractivity contribution is -0.0592. The van der Waals surface area contributed by atoms with E-state index in [1.807, 2.05) is 10.6 Å². The van der Waals surface area contributed by atoms with E-state index in [2.05, 4.69) is 33.6 Å². The van der Waals surface area contributed by atoms with Crippen molar-refractivity contribution >= 4 is 51.2 Å². The van der Waals surface area contributed by atoms with Gasteiger partial charge in [-0.1, -0.05) is 17.7 Å². The first-order valence-corrected chi connectivity index (χ1v) is 15.0. The van der Waals surface area contributed by atoms with Crippen LogP contribution in [0.4, 0.5) is 4.39 Å². The molecule has 0 radical (unpaired) electrons. The highest BCUT2D eigenvalue weighted by Gasteiger charge is 2.28. The molecule has 0 bridgehead atoms. The van der Waals surface area contributed by atoms with Crippen LogP contribution < -0.4 is 9.47 Å². The van der Waals surface area contributed by atoms with Crippen LogP contribution >= 0.6 is 34.2 Å². The Bertz CT molecular complexity index is 1660. The topological polar surface area (TPSA) is 87.9 Å². The van der Waals surface area contributed by atoms with Crippen molar-refractivity contribution in [1.29, 1.82) is 0 Å². The van der Waals surface area contributed by atoms with Gasteiger partial charge in [0.05, 0.1) is 53.8 Å². The minimum atomic E-state index is -0.718. The SMILES string of the molecule is COC(=O)c1ccc2nc(CN3CCc4cc(I)c(OCc5ccc(Cl)cc5OC)nc4C3)n(C[C@@H]3CCO3)c2c1F. The maximum Gasteiger partial charge on any atom is 0.340 e. The van der Waals surface area contributed by atoms with Gasteiger partial charge >= 0.3 is 5.97 Å². The minimum absolute atomic E-state index is 0.0212. The Balaban J connectivity index is 1.24. The van der Waals surface area contributed by atoms with E-state index in [1.54, 1.807) is 25.3 Å². The van der Waals surface area contributed by atoms with Crippen molar-refractivity contribution in [3.8, 4) is 11.6 Å². The van der Waals surface area contributed by atoms with Gasteiger partial charge in [-0.25, -0.2) is 19.2 Å². The first-order chi connectivity index (χ1) is 20.3. The van der Waals surface area contributed by atoms with Crippen molar-refractivity contribution in [2.24, 2.45) is 0 Å². The Morgan fingerprint density at radius 1 is 1.21 bits per heavy atom. The summed E-state index contributed by atoms with van der Waals surface area (Å²) in [5.74, 6) is 0.579. The first kappa shape index (κ1) is 29.1. The number of methoxy groups -OCH3 is 2. The number of benzene rings is 2. The Morgan fingerprint density at radius 2 is 2.05 bits per heavy atom. The van der Waals surface area contributed by atoms with Gasteiger partial charge in [0.15, 0.2) is 5.82 Å². The van der Waals surface area contributed by atoms with Crippen LogP contribution in [-0.4, -0.2) is 58.9 Å². The zero-order chi connectivity index (χ0) is 29.4. The van der Waals surface area contributed by atoms with E-state index in [-0.39, 0.29) is 18.3 Å². The third-order valence-corrected chi connectivity index (χ3v) is 8.68. The summed E-state index contributed by atoms with van der Waals surface area (Å²) in [4.78, 5) is 24.1. The highest BCUT2D eigenvalue weighted by molar-refractivity contribution is 14.1. The van der Waals surface area contributed by atoms with Gasteiger partial charge in [-0.3, -0.25) is 4.90 Å². The lowest BCUT2D eigenvalue weighted by atomic mass is 10.1. The highest BCUT2D eigenvalue weighted by Crippen LogP contribution is 2.31. The normalized spacial score (nSPS) is 16.6. The summed E-state index contributed by atoms with van der Waals surface area (Å²) in [7, 11) is 2.84. The summed E-state index contributed by atoms with van der Waals surface area (Å²) in [5.41, 5.74) is 3.66. The molecule has 9 nitrogen and oxygen atoms in total. The number of fused-ring (bicyclic) bond motifs is 2. The summed E-state index contributed by atoms with van der Waals surface area (Å²) in [5, 5.41) is 0.595. The third-order valence-electron chi connectivity index (χ3n) is 7.67. The van der Waals surface area contributed by atoms with Gasteiger partial charge in [0.2, 0.25) is 5.88 Å². The summed E-state index contributed by atoms with van der Waals surface area (Å²) in [6.45, 7) is 3.31. The average Bonchev–Trinajstić information content (AvgIpc) is 3.31. The second kappa shape index (κ2) is 12.3. The van der Waals surface area contributed by atoms with Gasteiger partial charge in [-0.05, 0) is 71.3 Å². The number of imidazole rings is 1. The molecule has 1 saturated heterocycles. The zero-order valence-corrected chi connectivity index (χ0v) is 26.1. The molecule has 2 aliphatic heterocycles. The summed E-state index contributed by atoms with van der Waals surface area (Å²) >= 11 is 8.36. The number of pyridine rings is 1. The number of aromatic nitrogens is 3. The van der Waals surface area contributed by atoms with E-state index in [9.17, 15) is 4.79 Å². The quantitative estimate of drug-likeness (QED) is 0.166. The smallest absolute Gasteiger partial charge is 0.340 e. The Labute approximate surface area is 261 Å². The maximum absolute atomic E-state index is 15.6. The Kier molecular flexibility index (Phi) is 8.53. The first-order valence-electron chi connectivity index (χ1n) is 13.6. The molecule has 0 saturated carbocycles. The molecule has 4 aromatic rings. The maximum atomic E-state index is 15.6. The lowest BCUT2D eigenvalue weighted by Crippen LogP contribution is -2.34. The predicted octanol–water partition coefficient (Wildman–Crippen LogP) is 5.55. The number of ether oxygens (including phenoxy) is 4. The summed E-state index contributed by atoms with van der Waals surface area (Å²) in [6.07, 6.45) is 1.69. The van der Waals surface area contributed by atoms with Crippen molar-refractivity contribution in [2.75, 3.05) is 27.4 Å². The number of halogens is 3. The van der Waals surface area contributed by atoms with Crippen molar-refractivity contribution in [3.05, 3.63) is 79.0 Å². The summed E-state index contributed by atoms with van der Waals surface area (Å²) < 4.78 is 40.4. The van der Waals surface area contributed by atoms with Crippen molar-refractivity contribution in [3.63, 3.8) is 0 Å². The number of hydrogen-bond acceptors (Lipinski definition) is 8. The van der Waals surface area contributed by atoms with E-state index in [1.165, 1.54) is 18.7 Å². The molecule has 6 rings (SSSR count). The fourth-order valence-corrected chi connectivity index (χ4v) is 6.15. The average molecular weight is 707 g/mol. The van der Waals surface area contributed by atoms with E-state index in [0.717, 1.165) is 34.2 Å². The van der Waals surface area contributed by atoms with Crippen molar-refractivity contribution < 1.29 is 28.1 Å². The standard InChI is InChI=1S/C30H29ClFIN4O5/c1-39-25-12-19(31)4-3-18(25)16-42-29-22(33)11-17-7-9-36(14-24(17)35-29)15-26-34-23-6-5-21(30(38)40-2)27(32)28(23)37(26)13-20-8-10-41-20/h3-6,11-12,20H,7-10,13-16H2,1-2H3/t20-/m0/s1. The highest BCUT2D eigenvalue weighted by atomic mass is 127. The molecule has 2 aromatic heterocycles. The number of esters is 1. The van der Waals surface area contributed by atoms with Crippen LogP contribution in [0.2, 0.25) is 5.02 Å². The van der Waals surface area contributed by atoms with Gasteiger partial charge < -0.3 is 23.5 Å². The molecule has 42 heavy (non-hydrogen) atoms. The van der Waals surface area contributed by atoms with Crippen molar-refractivity contribution in [2.45, 2.75) is 45.2 Å². The van der Waals surface area contributed by atoms with Crippen LogP contribution in [0.3, 0.4) is 0 Å². The number of nitrogens with zero attached hydrogens (tertiary/aromatic N) is 4. The fraction of sp³-hybridized carbons (Fsp3) is 0.367. The molecule has 0 unspecified atom stereocenters. The molecule has 220 valence electrons. The van der Waals surface area contributed by atoms with Crippen LogP contribution in [-0.2, 0) is 42.1 Å². The molecular weight excluding hydrogens is 678 g/mol. The summed E-state index contributed by atoms with van der Waals surface area (Å²) in [6, 6.07) is 10.7. The van der Waals surface area contributed by atoms with Gasteiger partial charge in [0.1, 0.15) is 23.7 Å². The molecule has 0 N–H and O–H groups in total. The van der Waals surface area contributed by atoms with Crippen LogP contribution in [0.15, 0.2) is 36.4 Å². The number of rotatable bonds is 9. The van der Waals surface area contributed by atoms with Gasteiger partial charge in [0.25, 0.3) is 0 Å². The fourth-order valence-electron chi connectivity index (χ4n) is 5.34. The second-order valence-corrected chi connectivity index (χ2v) is 11.9. The molecule has 2 aromatic carbocycles. The molecule has 0 spiro atoms. The van der Waals surface area contributed by atoms with Gasteiger partial charge in [-0.15, -0.1) is 0 Å². The molecule has 1 fully saturated rings. The Morgan fingerprint density at radius 3 is 2.79 bits per heavy atom. The second-order valence-electron chi connectivity index (χ2n) is 10.3. The zero-order valence-electron chi connectivity index (χ0n) is 23.2. The lowest BCUT2D eigenvalue weighted by Gasteiger charge is -2.30. The minimum Gasteiger partial charge on any atom is -0.496 e. The monoisotopic (exact) mass is 706 g/mol. The van der Waals surface area contributed by atoms with E-state index < -0.39 is 11.8 Å². The van der Waals surface area contributed by atoms with E-state index in [0.29, 0.717) is 59.8 Å². The number of carbonyl (C=O) groups is 1. The largest absolute Gasteiger partial charge is 0.496 e. The van der Waals surface area contributed by atoms with E-state index in [4.69, 9.17) is 40.5 Å². The molecule has 0 aliphatic carbocycles. The molecular formula is C30H29ClFIN4O5. The molecule has 12 heteroatoms. The van der Waals surface area contributed by atoms with Crippen molar-refractivity contribution in [1.82, 2.24) is 19.4 Å². The van der Waals surface area contributed by atoms with Crippen LogP contribution in [0, 0.1) is 9.39 Å². The van der Waals surface area contributed by atoms with Crippen LogP contribution in [0.1, 0.15) is 39.4 Å². The van der Waals surface area contributed by atoms with Gasteiger partial charge in [-0.2, -0.15) is 0 Å². The Hall–Kier alpha value is -3.00. The molecule has 4 heterocycles. The van der Waals surface area contributed by atoms with Crippen LogP contribution in [0.25, 0.3) is 11.0 Å². The van der Waals surface area contributed by atoms with E-state index >= 15 is 4.39 Å². The number of hydrogen-bond donors (Lipinski definition) is 0. The van der Waals surface area contributed by atoms with Crippen LogP contribution in [0.5, 0.6) is 11.6 Å². The molecule has 2 aliphatic rings. The predicted molar refractivity (Wildman–Crippen MR) is 162 cm³/mol. The molecule has 1 atom stereocenters.